The van der Waals surface area contributed by atoms with E-state index in [1.165, 1.54) is 14.1 Å². The summed E-state index contributed by atoms with van der Waals surface area (Å²) < 4.78 is 72.5. The molecule has 1 rings (SSSR count). The largest absolute Gasteiger partial charge is 0.465 e. The van der Waals surface area contributed by atoms with E-state index in [1.807, 2.05) is 0 Å². The fourth-order valence-electron chi connectivity index (χ4n) is 2.66. The molecule has 0 aliphatic carbocycles. The van der Waals surface area contributed by atoms with Gasteiger partial charge in [-0.25, -0.2) is 18.6 Å². The van der Waals surface area contributed by atoms with Crippen LogP contribution in [0.1, 0.15) is 58.4 Å². The number of hydrogen-bond donors (Lipinski definition) is 1. The van der Waals surface area contributed by atoms with Crippen molar-refractivity contribution in [2.75, 3.05) is 21.2 Å². The van der Waals surface area contributed by atoms with E-state index in [4.69, 9.17) is 0 Å². The molecule has 0 aliphatic rings. The average Bonchev–Trinajstić information content (AvgIpc) is 2.57. The molecule has 11 heteroatoms. The Bertz CT molecular complexity index is 751. The van der Waals surface area contributed by atoms with Crippen molar-refractivity contribution < 1.29 is 36.3 Å². The summed E-state index contributed by atoms with van der Waals surface area (Å²) in [7, 11) is 3.53. The first-order valence-electron chi connectivity index (χ1n) is 8.13. The smallest absolute Gasteiger partial charge is 0.433 e. The van der Waals surface area contributed by atoms with Crippen molar-refractivity contribution in [2.24, 2.45) is 5.92 Å². The molecule has 0 radical (unpaired) electrons. The van der Waals surface area contributed by atoms with Gasteiger partial charge in [0.05, 0.1) is 12.7 Å². The molecule has 0 N–H and O–H groups in total. The number of carbonyl (C=O) groups excluding carboxylic acids is 2. The summed E-state index contributed by atoms with van der Waals surface area (Å²) in [6, 6.07) is 0. The molecular formula is C17H21F5N2O3S. The van der Waals surface area contributed by atoms with Crippen LogP contribution in [0.15, 0.2) is 0 Å². The Morgan fingerprint density at radius 1 is 1.21 bits per heavy atom. The summed E-state index contributed by atoms with van der Waals surface area (Å²) in [4.78, 5) is 28.6. The number of thiol groups is 1. The zero-order valence-corrected chi connectivity index (χ0v) is 16.8. The summed E-state index contributed by atoms with van der Waals surface area (Å²) in [6.45, 7) is 3.25. The zero-order chi connectivity index (χ0) is 22.0. The number of hydrogen-bond acceptors (Lipinski definition) is 5. The monoisotopic (exact) mass is 428 g/mol. The third-order valence-corrected chi connectivity index (χ3v) is 4.27. The van der Waals surface area contributed by atoms with Gasteiger partial charge in [0.1, 0.15) is 16.6 Å². The number of alkyl halides is 5. The molecular weight excluding hydrogens is 407 g/mol. The standard InChI is InChI=1S/C17H21F5N2O3S/c1-7(2)6-8-9(16(26)27-5)11(14(18)19)23-13(17(20,21)22)10(8)12(28)15(25)24(3)4/h7,12,14,28H,6H2,1-5H3. The second-order valence-corrected chi connectivity index (χ2v) is 7.15. The first-order chi connectivity index (χ1) is 12.7. The molecule has 1 aromatic rings. The molecule has 158 valence electrons. The van der Waals surface area contributed by atoms with E-state index in [9.17, 15) is 31.5 Å². The number of nitrogens with zero attached hydrogens (tertiary/aromatic N) is 2. The minimum absolute atomic E-state index is 0.192. The summed E-state index contributed by atoms with van der Waals surface area (Å²) in [5.74, 6) is -2.40. The van der Waals surface area contributed by atoms with Crippen LogP contribution in [-0.2, 0) is 22.1 Å². The van der Waals surface area contributed by atoms with Crippen LogP contribution in [0.3, 0.4) is 0 Å². The predicted molar refractivity (Wildman–Crippen MR) is 94.5 cm³/mol. The number of amides is 1. The van der Waals surface area contributed by atoms with E-state index in [-0.39, 0.29) is 17.9 Å². The lowest BCUT2D eigenvalue weighted by atomic mass is 9.89. The van der Waals surface area contributed by atoms with Gasteiger partial charge in [-0.2, -0.15) is 25.8 Å². The van der Waals surface area contributed by atoms with Crippen molar-refractivity contribution in [3.63, 3.8) is 0 Å². The molecule has 0 bridgehead atoms. The number of pyridine rings is 1. The Morgan fingerprint density at radius 2 is 1.75 bits per heavy atom. The van der Waals surface area contributed by atoms with Crippen LogP contribution in [0.25, 0.3) is 0 Å². The summed E-state index contributed by atoms with van der Waals surface area (Å²) in [6.07, 6.45) is -8.80. The van der Waals surface area contributed by atoms with E-state index < -0.39 is 52.2 Å². The number of carbonyl (C=O) groups is 2. The molecule has 0 aromatic carbocycles. The molecule has 1 unspecified atom stereocenters. The van der Waals surface area contributed by atoms with Crippen molar-refractivity contribution in [1.82, 2.24) is 9.88 Å². The molecule has 1 aromatic heterocycles. The highest BCUT2D eigenvalue weighted by Crippen LogP contribution is 2.42. The molecule has 0 spiro atoms. The van der Waals surface area contributed by atoms with Crippen molar-refractivity contribution in [3.8, 4) is 0 Å². The average molecular weight is 428 g/mol. The molecule has 0 aliphatic heterocycles. The second kappa shape index (κ2) is 9.06. The van der Waals surface area contributed by atoms with Gasteiger partial charge in [0.15, 0.2) is 0 Å². The minimum Gasteiger partial charge on any atom is -0.465 e. The topological polar surface area (TPSA) is 59.5 Å². The molecule has 0 fully saturated rings. The summed E-state index contributed by atoms with van der Waals surface area (Å²) >= 11 is 4.01. The Morgan fingerprint density at radius 3 is 2.11 bits per heavy atom. The van der Waals surface area contributed by atoms with Crippen LogP contribution in [0.5, 0.6) is 0 Å². The van der Waals surface area contributed by atoms with Gasteiger partial charge < -0.3 is 9.64 Å². The maximum Gasteiger partial charge on any atom is 0.433 e. The number of rotatable bonds is 6. The van der Waals surface area contributed by atoms with Gasteiger partial charge in [-0.3, -0.25) is 4.79 Å². The minimum atomic E-state index is -5.15. The van der Waals surface area contributed by atoms with Gasteiger partial charge in [0.25, 0.3) is 6.43 Å². The highest BCUT2D eigenvalue weighted by Gasteiger charge is 2.43. The molecule has 0 saturated carbocycles. The van der Waals surface area contributed by atoms with Gasteiger partial charge in [-0.05, 0) is 17.9 Å². The third kappa shape index (κ3) is 5.12. The van der Waals surface area contributed by atoms with Crippen molar-refractivity contribution >= 4 is 24.5 Å². The fraction of sp³-hybridized carbons (Fsp3) is 0.588. The highest BCUT2D eigenvalue weighted by atomic mass is 32.1. The normalized spacial score (nSPS) is 13.0. The number of aromatic nitrogens is 1. The highest BCUT2D eigenvalue weighted by molar-refractivity contribution is 7.81. The SMILES string of the molecule is COC(=O)c1c(C(F)F)nc(C(F)(F)F)c(C(S)C(=O)N(C)C)c1CC(C)C. The van der Waals surface area contributed by atoms with Crippen LogP contribution in [0, 0.1) is 5.92 Å². The molecule has 5 nitrogen and oxygen atoms in total. The first kappa shape index (κ1) is 24.1. The second-order valence-electron chi connectivity index (χ2n) is 6.64. The lowest BCUT2D eigenvalue weighted by molar-refractivity contribution is -0.142. The Hall–Kier alpha value is -1.91. The van der Waals surface area contributed by atoms with Crippen LogP contribution in [0.2, 0.25) is 0 Å². The first-order valence-corrected chi connectivity index (χ1v) is 8.65. The predicted octanol–water partition coefficient (Wildman–Crippen LogP) is 4.08. The van der Waals surface area contributed by atoms with Crippen molar-refractivity contribution in [2.45, 2.75) is 38.1 Å². The number of likely N-dealkylation sites (N-methyl/N-ethyl adjacent to an activating group) is 1. The Balaban J connectivity index is 4.11. The number of esters is 1. The van der Waals surface area contributed by atoms with E-state index >= 15 is 0 Å². The number of halogens is 5. The van der Waals surface area contributed by atoms with Crippen LogP contribution in [-0.4, -0.2) is 43.0 Å². The van der Waals surface area contributed by atoms with E-state index in [1.54, 1.807) is 13.8 Å². The summed E-state index contributed by atoms with van der Waals surface area (Å²) in [5.41, 5.74) is -4.85. The maximum atomic E-state index is 13.7. The molecule has 0 saturated heterocycles. The van der Waals surface area contributed by atoms with E-state index in [2.05, 4.69) is 22.3 Å². The lowest BCUT2D eigenvalue weighted by Gasteiger charge is -2.26. The van der Waals surface area contributed by atoms with Gasteiger partial charge in [0, 0.05) is 19.7 Å². The van der Waals surface area contributed by atoms with Crippen LogP contribution in [0.4, 0.5) is 22.0 Å². The van der Waals surface area contributed by atoms with Gasteiger partial charge in [0.2, 0.25) is 5.91 Å². The zero-order valence-electron chi connectivity index (χ0n) is 15.9. The fourth-order valence-corrected chi connectivity index (χ4v) is 3.16. The molecule has 1 heterocycles. The molecule has 1 amide bonds. The Labute approximate surface area is 164 Å². The van der Waals surface area contributed by atoms with Gasteiger partial charge in [-0.1, -0.05) is 13.8 Å². The van der Waals surface area contributed by atoms with Crippen LogP contribution < -0.4 is 0 Å². The Kier molecular flexibility index (Phi) is 7.81. The van der Waals surface area contributed by atoms with Crippen LogP contribution >= 0.6 is 12.6 Å². The molecule has 1 atom stereocenters. The quantitative estimate of drug-likeness (QED) is 0.421. The third-order valence-electron chi connectivity index (χ3n) is 3.80. The molecule has 28 heavy (non-hydrogen) atoms. The number of ether oxygens (including phenoxy) is 1. The van der Waals surface area contributed by atoms with Crippen molar-refractivity contribution in [3.05, 3.63) is 28.1 Å². The maximum absolute atomic E-state index is 13.7. The van der Waals surface area contributed by atoms with E-state index in [0.29, 0.717) is 0 Å². The summed E-state index contributed by atoms with van der Waals surface area (Å²) in [5, 5.41) is -1.66. The number of methoxy groups -OCH3 is 1. The van der Waals surface area contributed by atoms with Gasteiger partial charge >= 0.3 is 12.1 Å². The lowest BCUT2D eigenvalue weighted by Crippen LogP contribution is -2.30. The van der Waals surface area contributed by atoms with Gasteiger partial charge in [-0.15, -0.1) is 0 Å². The van der Waals surface area contributed by atoms with Crippen molar-refractivity contribution in [1.29, 1.82) is 0 Å². The van der Waals surface area contributed by atoms with E-state index in [0.717, 1.165) is 12.0 Å².